The van der Waals surface area contributed by atoms with Crippen molar-refractivity contribution in [2.45, 2.75) is 76.7 Å². The van der Waals surface area contributed by atoms with Crippen molar-refractivity contribution in [1.82, 2.24) is 0 Å². The van der Waals surface area contributed by atoms with Crippen LogP contribution in [0.2, 0.25) is 0 Å². The number of hydrogen-bond acceptors (Lipinski definition) is 1. The summed E-state index contributed by atoms with van der Waals surface area (Å²) in [6, 6.07) is 21.0. The van der Waals surface area contributed by atoms with Gasteiger partial charge in [0.05, 0.1) is 6.10 Å². The van der Waals surface area contributed by atoms with Crippen LogP contribution in [0.3, 0.4) is 0 Å². The van der Waals surface area contributed by atoms with Crippen LogP contribution in [0.15, 0.2) is 60.7 Å². The normalized spacial score (nSPS) is 19.7. The van der Waals surface area contributed by atoms with E-state index in [0.717, 1.165) is 11.5 Å². The number of aliphatic hydroxyl groups excluding tert-OH is 1. The summed E-state index contributed by atoms with van der Waals surface area (Å²) in [4.78, 5) is 0. The molecule has 2 aromatic rings. The van der Waals surface area contributed by atoms with Crippen LogP contribution in [0.25, 0.3) is 0 Å². The Balaban J connectivity index is 0.000000156. The van der Waals surface area contributed by atoms with Crippen molar-refractivity contribution in [2.24, 2.45) is 11.8 Å². The first-order valence-electron chi connectivity index (χ1n) is 11.1. The van der Waals surface area contributed by atoms with Crippen LogP contribution in [0, 0.1) is 11.8 Å². The molecule has 2 fully saturated rings. The maximum atomic E-state index is 10.1. The lowest BCUT2D eigenvalue weighted by Gasteiger charge is -2.26. The van der Waals surface area contributed by atoms with Crippen LogP contribution in [-0.2, 0) is 6.42 Å². The lowest BCUT2D eigenvalue weighted by Crippen LogP contribution is -2.15. The molecule has 27 heavy (non-hydrogen) atoms. The van der Waals surface area contributed by atoms with Crippen molar-refractivity contribution >= 4 is 0 Å². The molecule has 2 saturated carbocycles. The fourth-order valence-corrected chi connectivity index (χ4v) is 4.71. The molecule has 2 aliphatic rings. The zero-order valence-corrected chi connectivity index (χ0v) is 16.7. The van der Waals surface area contributed by atoms with Crippen LogP contribution >= 0.6 is 0 Å². The van der Waals surface area contributed by atoms with Crippen molar-refractivity contribution in [3.8, 4) is 0 Å². The monoisotopic (exact) mass is 364 g/mol. The van der Waals surface area contributed by atoms with E-state index in [1.165, 1.54) is 76.2 Å². The smallest absolute Gasteiger partial charge is 0.0818 e. The SMILES string of the molecule is OC(c1ccccc1)C1CCCCC1.c1ccc(CC2CCCCC2)cc1. The zero-order chi connectivity index (χ0) is 18.7. The van der Waals surface area contributed by atoms with Gasteiger partial charge in [-0.15, -0.1) is 0 Å². The summed E-state index contributed by atoms with van der Waals surface area (Å²) >= 11 is 0. The topological polar surface area (TPSA) is 20.2 Å². The van der Waals surface area contributed by atoms with E-state index in [-0.39, 0.29) is 6.10 Å². The number of rotatable bonds is 4. The first kappa shape index (κ1) is 20.1. The molecule has 1 unspecified atom stereocenters. The van der Waals surface area contributed by atoms with E-state index in [1.807, 2.05) is 30.3 Å². The van der Waals surface area contributed by atoms with Gasteiger partial charge in [-0.25, -0.2) is 0 Å². The van der Waals surface area contributed by atoms with Crippen LogP contribution in [0.4, 0.5) is 0 Å². The van der Waals surface area contributed by atoms with Crippen molar-refractivity contribution in [1.29, 1.82) is 0 Å². The summed E-state index contributed by atoms with van der Waals surface area (Å²) in [6.45, 7) is 0. The summed E-state index contributed by atoms with van der Waals surface area (Å²) in [7, 11) is 0. The minimum atomic E-state index is -0.239. The average molecular weight is 365 g/mol. The van der Waals surface area contributed by atoms with Gasteiger partial charge in [0.2, 0.25) is 0 Å². The summed E-state index contributed by atoms with van der Waals surface area (Å²) in [5.74, 6) is 1.46. The maximum Gasteiger partial charge on any atom is 0.0818 e. The van der Waals surface area contributed by atoms with E-state index in [2.05, 4.69) is 30.3 Å². The van der Waals surface area contributed by atoms with Crippen LogP contribution in [0.5, 0.6) is 0 Å². The second-order valence-electron chi connectivity index (χ2n) is 8.45. The van der Waals surface area contributed by atoms with E-state index < -0.39 is 0 Å². The van der Waals surface area contributed by atoms with Crippen molar-refractivity contribution < 1.29 is 5.11 Å². The molecule has 0 aromatic heterocycles. The summed E-state index contributed by atoms with van der Waals surface area (Å²) in [5.41, 5.74) is 2.61. The predicted molar refractivity (Wildman–Crippen MR) is 115 cm³/mol. The van der Waals surface area contributed by atoms with Crippen LogP contribution in [-0.4, -0.2) is 5.11 Å². The molecule has 0 amide bonds. The van der Waals surface area contributed by atoms with E-state index in [4.69, 9.17) is 0 Å². The highest BCUT2D eigenvalue weighted by Gasteiger charge is 2.22. The Kier molecular flexibility index (Phi) is 8.42. The zero-order valence-electron chi connectivity index (χ0n) is 16.7. The molecule has 2 aromatic carbocycles. The first-order valence-corrected chi connectivity index (χ1v) is 11.1. The molecule has 4 rings (SSSR count). The third-order valence-corrected chi connectivity index (χ3v) is 6.33. The molecule has 146 valence electrons. The van der Waals surface area contributed by atoms with E-state index in [1.54, 1.807) is 0 Å². The van der Waals surface area contributed by atoms with Gasteiger partial charge in [0.15, 0.2) is 0 Å². The molecule has 1 atom stereocenters. The van der Waals surface area contributed by atoms with Gasteiger partial charge < -0.3 is 5.11 Å². The van der Waals surface area contributed by atoms with Gasteiger partial charge in [-0.1, -0.05) is 112 Å². The molecule has 1 nitrogen and oxygen atoms in total. The van der Waals surface area contributed by atoms with Gasteiger partial charge in [0.1, 0.15) is 0 Å². The van der Waals surface area contributed by atoms with Gasteiger partial charge in [-0.2, -0.15) is 0 Å². The van der Waals surface area contributed by atoms with E-state index >= 15 is 0 Å². The highest BCUT2D eigenvalue weighted by Crippen LogP contribution is 2.34. The second-order valence-corrected chi connectivity index (χ2v) is 8.45. The molecule has 0 aliphatic heterocycles. The van der Waals surface area contributed by atoms with Crippen molar-refractivity contribution in [3.63, 3.8) is 0 Å². The fraction of sp³-hybridized carbons (Fsp3) is 0.538. The Morgan fingerprint density at radius 2 is 1.19 bits per heavy atom. The largest absolute Gasteiger partial charge is 0.388 e. The lowest BCUT2D eigenvalue weighted by molar-refractivity contribution is 0.0848. The van der Waals surface area contributed by atoms with Gasteiger partial charge in [-0.3, -0.25) is 0 Å². The molecular formula is C26H36O. The first-order chi connectivity index (χ1) is 13.3. The minimum Gasteiger partial charge on any atom is -0.388 e. The number of aliphatic hydroxyl groups is 1. The molecule has 1 heteroatoms. The summed E-state index contributed by atoms with van der Waals surface area (Å²) in [5, 5.41) is 10.1. The summed E-state index contributed by atoms with van der Waals surface area (Å²) in [6.07, 6.45) is 14.6. The third-order valence-electron chi connectivity index (χ3n) is 6.33. The molecule has 2 aliphatic carbocycles. The Hall–Kier alpha value is -1.60. The maximum absolute atomic E-state index is 10.1. The molecule has 0 spiro atoms. The molecule has 1 N–H and O–H groups in total. The Bertz CT molecular complexity index is 609. The Morgan fingerprint density at radius 1 is 0.667 bits per heavy atom. The molecular weight excluding hydrogens is 328 g/mol. The highest BCUT2D eigenvalue weighted by molar-refractivity contribution is 5.18. The molecule has 0 saturated heterocycles. The minimum absolute atomic E-state index is 0.239. The highest BCUT2D eigenvalue weighted by atomic mass is 16.3. The standard InChI is InChI=1S/C13H18O.C13H18/c14-13(11-7-3-1-4-8-11)12-9-5-2-6-10-12;1-3-7-12(8-4-1)11-13-9-5-2-6-10-13/h1,3-4,7-8,12-14H,2,5-6,9-10H2;1,3-4,7-8,13H,2,5-6,9-11H2. The summed E-state index contributed by atoms with van der Waals surface area (Å²) < 4.78 is 0. The fourth-order valence-electron chi connectivity index (χ4n) is 4.71. The Morgan fingerprint density at radius 3 is 1.78 bits per heavy atom. The van der Waals surface area contributed by atoms with Crippen LogP contribution < -0.4 is 0 Å². The average Bonchev–Trinajstić information content (AvgIpc) is 2.76. The number of benzene rings is 2. The predicted octanol–water partition coefficient (Wildman–Crippen LogP) is 7.11. The lowest BCUT2D eigenvalue weighted by atomic mass is 9.83. The third kappa shape index (κ3) is 6.81. The van der Waals surface area contributed by atoms with Crippen LogP contribution in [0.1, 0.15) is 81.4 Å². The van der Waals surface area contributed by atoms with Crippen molar-refractivity contribution in [2.75, 3.05) is 0 Å². The molecule has 0 heterocycles. The quantitative estimate of drug-likeness (QED) is 0.613. The second kappa shape index (κ2) is 11.3. The Labute approximate surface area is 165 Å². The van der Waals surface area contributed by atoms with Gasteiger partial charge in [-0.05, 0) is 42.2 Å². The van der Waals surface area contributed by atoms with Crippen molar-refractivity contribution in [3.05, 3.63) is 71.8 Å². The van der Waals surface area contributed by atoms with Gasteiger partial charge in [0, 0.05) is 0 Å². The number of hydrogen-bond donors (Lipinski definition) is 1. The van der Waals surface area contributed by atoms with E-state index in [9.17, 15) is 5.11 Å². The van der Waals surface area contributed by atoms with Gasteiger partial charge in [0.25, 0.3) is 0 Å². The molecule has 0 radical (unpaired) electrons. The van der Waals surface area contributed by atoms with E-state index in [0.29, 0.717) is 5.92 Å². The molecule has 0 bridgehead atoms. The van der Waals surface area contributed by atoms with Gasteiger partial charge >= 0.3 is 0 Å².